The lowest BCUT2D eigenvalue weighted by atomic mass is 10.1. The van der Waals surface area contributed by atoms with Crippen molar-refractivity contribution < 1.29 is 9.90 Å². The smallest absolute Gasteiger partial charge is 0.274 e. The van der Waals surface area contributed by atoms with Gasteiger partial charge in [0.05, 0.1) is 6.33 Å². The van der Waals surface area contributed by atoms with Gasteiger partial charge in [-0.05, 0) is 25.7 Å². The fourth-order valence-electron chi connectivity index (χ4n) is 2.62. The van der Waals surface area contributed by atoms with Gasteiger partial charge in [-0.15, -0.1) is 0 Å². The van der Waals surface area contributed by atoms with Crippen molar-refractivity contribution in [3.8, 4) is 0 Å². The summed E-state index contributed by atoms with van der Waals surface area (Å²) in [7, 11) is 0. The summed E-state index contributed by atoms with van der Waals surface area (Å²) in [4.78, 5) is 18.4. The number of hydrogen-bond acceptors (Lipinski definition) is 4. The Morgan fingerprint density at radius 3 is 3.16 bits per heavy atom. The number of aromatic nitrogens is 2. The molecule has 6 nitrogen and oxygen atoms in total. The third-order valence-electron chi connectivity index (χ3n) is 3.57. The van der Waals surface area contributed by atoms with Crippen LogP contribution in [0.5, 0.6) is 0 Å². The van der Waals surface area contributed by atoms with E-state index in [2.05, 4.69) is 4.98 Å². The van der Waals surface area contributed by atoms with Crippen molar-refractivity contribution in [1.82, 2.24) is 14.5 Å². The number of carbonyl (C=O) groups excluding carboxylic acids is 1. The Hall–Kier alpha value is -1.40. The van der Waals surface area contributed by atoms with Crippen LogP contribution in [-0.4, -0.2) is 51.2 Å². The molecule has 1 fully saturated rings. The lowest BCUT2D eigenvalue weighted by Gasteiger charge is -2.23. The lowest BCUT2D eigenvalue weighted by Crippen LogP contribution is -2.35. The number of likely N-dealkylation sites (tertiary alicyclic amines) is 1. The van der Waals surface area contributed by atoms with Crippen LogP contribution in [0.4, 0.5) is 0 Å². The molecule has 106 valence electrons. The largest absolute Gasteiger partial charge is 0.396 e. The number of aliphatic hydroxyl groups is 1. The van der Waals surface area contributed by atoms with E-state index in [1.807, 2.05) is 9.47 Å². The van der Waals surface area contributed by atoms with Gasteiger partial charge in [0.25, 0.3) is 5.91 Å². The molecule has 0 spiro atoms. The summed E-state index contributed by atoms with van der Waals surface area (Å²) < 4.78 is 1.84. The van der Waals surface area contributed by atoms with Crippen LogP contribution >= 0.6 is 0 Å². The molecule has 6 heteroatoms. The second-order valence-corrected chi connectivity index (χ2v) is 4.95. The number of carbonyl (C=O) groups is 1. The minimum Gasteiger partial charge on any atom is -0.396 e. The Balaban J connectivity index is 2.00. The topological polar surface area (TPSA) is 84.4 Å². The normalized spacial score (nSPS) is 19.1. The van der Waals surface area contributed by atoms with Gasteiger partial charge in [-0.2, -0.15) is 0 Å². The predicted molar refractivity (Wildman–Crippen MR) is 71.7 cm³/mol. The number of hydrogen-bond donors (Lipinski definition) is 2. The Morgan fingerprint density at radius 2 is 2.42 bits per heavy atom. The lowest BCUT2D eigenvalue weighted by molar-refractivity contribution is 0.0719. The monoisotopic (exact) mass is 266 g/mol. The second kappa shape index (κ2) is 6.68. The van der Waals surface area contributed by atoms with Crippen molar-refractivity contribution in [2.24, 2.45) is 5.73 Å². The number of amides is 1. The van der Waals surface area contributed by atoms with Crippen LogP contribution in [0, 0.1) is 0 Å². The SMILES string of the molecule is NCCn1cnc(C(=O)N2CCCC2CCCO)c1. The first-order valence-electron chi connectivity index (χ1n) is 6.90. The van der Waals surface area contributed by atoms with Gasteiger partial charge in [0.2, 0.25) is 0 Å². The molecular formula is C13H22N4O2. The molecule has 1 aliphatic rings. The maximum atomic E-state index is 12.4. The van der Waals surface area contributed by atoms with Gasteiger partial charge in [-0.3, -0.25) is 4.79 Å². The Morgan fingerprint density at radius 1 is 1.58 bits per heavy atom. The van der Waals surface area contributed by atoms with Crippen LogP contribution in [0.15, 0.2) is 12.5 Å². The van der Waals surface area contributed by atoms with Gasteiger partial charge in [0.1, 0.15) is 5.69 Å². The summed E-state index contributed by atoms with van der Waals surface area (Å²) in [6, 6.07) is 0.249. The van der Waals surface area contributed by atoms with E-state index in [1.54, 1.807) is 12.5 Å². The minimum absolute atomic E-state index is 0.00351. The second-order valence-electron chi connectivity index (χ2n) is 4.95. The van der Waals surface area contributed by atoms with Crippen LogP contribution in [0.3, 0.4) is 0 Å². The van der Waals surface area contributed by atoms with Crippen molar-refractivity contribution in [1.29, 1.82) is 0 Å². The molecule has 0 saturated carbocycles. The molecule has 1 aliphatic heterocycles. The van der Waals surface area contributed by atoms with Crippen molar-refractivity contribution in [2.45, 2.75) is 38.3 Å². The highest BCUT2D eigenvalue weighted by Gasteiger charge is 2.29. The van der Waals surface area contributed by atoms with Gasteiger partial charge in [-0.1, -0.05) is 0 Å². The zero-order chi connectivity index (χ0) is 13.7. The Labute approximate surface area is 113 Å². The molecular weight excluding hydrogens is 244 g/mol. The number of nitrogens with zero attached hydrogens (tertiary/aromatic N) is 3. The van der Waals surface area contributed by atoms with Gasteiger partial charge >= 0.3 is 0 Å². The van der Waals surface area contributed by atoms with Crippen LogP contribution in [0.25, 0.3) is 0 Å². The molecule has 2 rings (SSSR count). The van der Waals surface area contributed by atoms with Crippen LogP contribution in [-0.2, 0) is 6.54 Å². The molecule has 0 bridgehead atoms. The summed E-state index contributed by atoms with van der Waals surface area (Å²) >= 11 is 0. The summed E-state index contributed by atoms with van der Waals surface area (Å²) in [6.45, 7) is 2.18. The van der Waals surface area contributed by atoms with E-state index >= 15 is 0 Å². The molecule has 19 heavy (non-hydrogen) atoms. The Kier molecular flexibility index (Phi) is 4.93. The number of nitrogens with two attached hydrogens (primary N) is 1. The summed E-state index contributed by atoms with van der Waals surface area (Å²) in [6.07, 6.45) is 7.08. The summed E-state index contributed by atoms with van der Waals surface area (Å²) in [5.41, 5.74) is 5.97. The van der Waals surface area contributed by atoms with Gasteiger partial charge < -0.3 is 20.3 Å². The molecule has 1 aromatic heterocycles. The number of rotatable bonds is 6. The zero-order valence-electron chi connectivity index (χ0n) is 11.2. The van der Waals surface area contributed by atoms with Crippen LogP contribution in [0.2, 0.25) is 0 Å². The minimum atomic E-state index is -0.00351. The number of aliphatic hydroxyl groups excluding tert-OH is 1. The maximum absolute atomic E-state index is 12.4. The fourth-order valence-corrected chi connectivity index (χ4v) is 2.62. The van der Waals surface area contributed by atoms with E-state index < -0.39 is 0 Å². The maximum Gasteiger partial charge on any atom is 0.274 e. The average Bonchev–Trinajstić information content (AvgIpc) is 3.04. The van der Waals surface area contributed by atoms with E-state index in [9.17, 15) is 4.79 Å². The predicted octanol–water partition coefficient (Wildman–Crippen LogP) is 0.219. The summed E-state index contributed by atoms with van der Waals surface area (Å²) in [5.74, 6) is -0.00351. The van der Waals surface area contributed by atoms with Crippen LogP contribution < -0.4 is 5.73 Å². The number of imidazole rings is 1. The first-order chi connectivity index (χ1) is 9.26. The molecule has 0 aromatic carbocycles. The van der Waals surface area contributed by atoms with Gasteiger partial charge in [0, 0.05) is 38.5 Å². The average molecular weight is 266 g/mol. The first kappa shape index (κ1) is 14.0. The van der Waals surface area contributed by atoms with Crippen molar-refractivity contribution in [3.05, 3.63) is 18.2 Å². The fraction of sp³-hybridized carbons (Fsp3) is 0.692. The molecule has 3 N–H and O–H groups in total. The van der Waals surface area contributed by atoms with Gasteiger partial charge in [0.15, 0.2) is 0 Å². The standard InChI is InChI=1S/C13H22N4O2/c14-5-7-16-9-12(15-10-16)13(19)17-6-1-3-11(17)4-2-8-18/h9-11,18H,1-8,14H2. The highest BCUT2D eigenvalue weighted by molar-refractivity contribution is 5.92. The third-order valence-corrected chi connectivity index (χ3v) is 3.57. The molecule has 0 radical (unpaired) electrons. The van der Waals surface area contributed by atoms with E-state index in [-0.39, 0.29) is 18.6 Å². The zero-order valence-corrected chi connectivity index (χ0v) is 11.2. The van der Waals surface area contributed by atoms with Gasteiger partial charge in [-0.25, -0.2) is 4.98 Å². The van der Waals surface area contributed by atoms with E-state index in [0.717, 1.165) is 32.2 Å². The molecule has 1 saturated heterocycles. The highest BCUT2D eigenvalue weighted by Crippen LogP contribution is 2.23. The highest BCUT2D eigenvalue weighted by atomic mass is 16.3. The molecule has 1 aromatic rings. The molecule has 0 aliphatic carbocycles. The summed E-state index contributed by atoms with van der Waals surface area (Å²) in [5, 5.41) is 8.90. The molecule has 1 unspecified atom stereocenters. The van der Waals surface area contributed by atoms with Crippen molar-refractivity contribution in [3.63, 3.8) is 0 Å². The molecule has 2 heterocycles. The van der Waals surface area contributed by atoms with Crippen molar-refractivity contribution in [2.75, 3.05) is 19.7 Å². The van der Waals surface area contributed by atoms with Crippen molar-refractivity contribution >= 4 is 5.91 Å². The van der Waals surface area contributed by atoms with Crippen LogP contribution in [0.1, 0.15) is 36.2 Å². The van der Waals surface area contributed by atoms with E-state index in [0.29, 0.717) is 18.8 Å². The van der Waals surface area contributed by atoms with E-state index in [4.69, 9.17) is 10.8 Å². The third kappa shape index (κ3) is 3.33. The van der Waals surface area contributed by atoms with E-state index in [1.165, 1.54) is 0 Å². The molecule has 1 amide bonds. The molecule has 1 atom stereocenters. The first-order valence-corrected chi connectivity index (χ1v) is 6.90. The Bertz CT molecular complexity index is 419. The quantitative estimate of drug-likeness (QED) is 0.771.